The lowest BCUT2D eigenvalue weighted by Crippen LogP contribution is -2.00. The van der Waals surface area contributed by atoms with Crippen molar-refractivity contribution >= 4 is 34.4 Å². The Kier molecular flexibility index (Phi) is 5.19. The Morgan fingerprint density at radius 1 is 1.04 bits per heavy atom. The zero-order chi connectivity index (χ0) is 18.7. The molecule has 134 valence electrons. The molecule has 0 aliphatic heterocycles. The second kappa shape index (κ2) is 7.54. The minimum absolute atomic E-state index is 0.174. The molecule has 0 aliphatic rings. The van der Waals surface area contributed by atoms with E-state index >= 15 is 0 Å². The summed E-state index contributed by atoms with van der Waals surface area (Å²) in [5.74, 6) is 1.15. The van der Waals surface area contributed by atoms with Crippen molar-refractivity contribution in [3.8, 4) is 17.2 Å². The Labute approximate surface area is 156 Å². The minimum atomic E-state index is -0.174. The van der Waals surface area contributed by atoms with Crippen LogP contribution in [0, 0.1) is 0 Å². The highest BCUT2D eigenvalue weighted by Gasteiger charge is 2.15. The average Bonchev–Trinajstić information content (AvgIpc) is 3.06. The number of hydrogen-bond acceptors (Lipinski definition) is 4. The number of hydrogen-bond donors (Lipinski definition) is 1. The molecule has 0 amide bonds. The summed E-state index contributed by atoms with van der Waals surface area (Å²) < 4.78 is 15.9. The van der Waals surface area contributed by atoms with Gasteiger partial charge in [-0.3, -0.25) is 4.79 Å². The van der Waals surface area contributed by atoms with Crippen LogP contribution in [-0.2, 0) is 0 Å². The van der Waals surface area contributed by atoms with Crippen molar-refractivity contribution < 1.29 is 19.0 Å². The third kappa shape index (κ3) is 3.39. The molecule has 0 aliphatic carbocycles. The molecular formula is C20H18ClNO4. The van der Waals surface area contributed by atoms with E-state index in [4.69, 9.17) is 25.8 Å². The van der Waals surface area contributed by atoms with Gasteiger partial charge < -0.3 is 19.2 Å². The molecule has 3 rings (SSSR count). The summed E-state index contributed by atoms with van der Waals surface area (Å²) in [4.78, 5) is 15.7. The maximum Gasteiger partial charge on any atom is 0.203 e. The van der Waals surface area contributed by atoms with E-state index in [9.17, 15) is 4.79 Å². The lowest BCUT2D eigenvalue weighted by atomic mass is 10.1. The van der Waals surface area contributed by atoms with E-state index in [1.54, 1.807) is 18.2 Å². The van der Waals surface area contributed by atoms with Crippen LogP contribution in [0.1, 0.15) is 15.9 Å². The number of H-pyrrole nitrogens is 1. The molecule has 0 saturated carbocycles. The van der Waals surface area contributed by atoms with Crippen LogP contribution in [0.3, 0.4) is 0 Å². The Hall–Kier alpha value is -2.92. The number of benzene rings is 2. The first-order valence-corrected chi connectivity index (χ1v) is 8.24. The summed E-state index contributed by atoms with van der Waals surface area (Å²) >= 11 is 5.99. The molecule has 0 radical (unpaired) electrons. The molecule has 0 atom stereocenters. The minimum Gasteiger partial charge on any atom is -0.493 e. The van der Waals surface area contributed by atoms with Crippen LogP contribution in [-0.4, -0.2) is 32.1 Å². The van der Waals surface area contributed by atoms with Gasteiger partial charge in [-0.1, -0.05) is 17.7 Å². The van der Waals surface area contributed by atoms with Crippen molar-refractivity contribution in [2.75, 3.05) is 21.3 Å². The van der Waals surface area contributed by atoms with Crippen molar-refractivity contribution in [3.63, 3.8) is 0 Å². The molecule has 0 bridgehead atoms. The van der Waals surface area contributed by atoms with Crippen molar-refractivity contribution in [1.82, 2.24) is 4.98 Å². The molecule has 1 N–H and O–H groups in total. The fraction of sp³-hybridized carbons (Fsp3) is 0.150. The predicted molar refractivity (Wildman–Crippen MR) is 103 cm³/mol. The van der Waals surface area contributed by atoms with E-state index < -0.39 is 0 Å². The molecule has 0 saturated heterocycles. The topological polar surface area (TPSA) is 60.6 Å². The largest absolute Gasteiger partial charge is 0.493 e. The van der Waals surface area contributed by atoms with E-state index in [0.29, 0.717) is 27.8 Å². The quantitative estimate of drug-likeness (QED) is 0.502. The molecule has 0 fully saturated rings. The first-order valence-electron chi connectivity index (χ1n) is 7.86. The maximum absolute atomic E-state index is 12.6. The lowest BCUT2D eigenvalue weighted by molar-refractivity contribution is 0.104. The number of ketones is 1. The first-order chi connectivity index (χ1) is 12.6. The zero-order valence-corrected chi connectivity index (χ0v) is 15.4. The van der Waals surface area contributed by atoms with Gasteiger partial charge >= 0.3 is 0 Å². The van der Waals surface area contributed by atoms with E-state index in [1.165, 1.54) is 27.4 Å². The highest BCUT2D eigenvalue weighted by atomic mass is 35.5. The Morgan fingerprint density at radius 3 is 2.35 bits per heavy atom. The SMILES string of the molecule is COc1cc(C(=O)C=Cc2c[nH]c3cc(Cl)ccc23)cc(OC)c1OC. The van der Waals surface area contributed by atoms with Gasteiger partial charge in [0, 0.05) is 27.7 Å². The Morgan fingerprint density at radius 2 is 1.73 bits per heavy atom. The highest BCUT2D eigenvalue weighted by molar-refractivity contribution is 6.31. The molecule has 26 heavy (non-hydrogen) atoms. The molecule has 2 aromatic carbocycles. The van der Waals surface area contributed by atoms with Crippen LogP contribution in [0.5, 0.6) is 17.2 Å². The van der Waals surface area contributed by atoms with E-state index in [2.05, 4.69) is 4.98 Å². The number of carbonyl (C=O) groups excluding carboxylic acids is 1. The summed E-state index contributed by atoms with van der Waals surface area (Å²) in [6, 6.07) is 8.83. The van der Waals surface area contributed by atoms with E-state index in [1.807, 2.05) is 24.4 Å². The molecule has 3 aromatic rings. The van der Waals surface area contributed by atoms with Crippen LogP contribution in [0.4, 0.5) is 0 Å². The fourth-order valence-corrected chi connectivity index (χ4v) is 2.92. The number of aromatic amines is 1. The Bertz CT molecular complexity index is 966. The standard InChI is InChI=1S/C20H18ClNO4/c1-24-18-8-13(9-19(25-2)20(18)26-3)17(23)7-4-12-11-22-16-10-14(21)5-6-15(12)16/h4-11,22H,1-3H3. The molecule has 6 heteroatoms. The normalized spacial score (nSPS) is 11.1. The number of fused-ring (bicyclic) bond motifs is 1. The number of aromatic nitrogens is 1. The van der Waals surface area contributed by atoms with Crippen LogP contribution in [0.2, 0.25) is 5.02 Å². The van der Waals surface area contributed by atoms with Crippen molar-refractivity contribution in [3.05, 3.63) is 58.8 Å². The highest BCUT2D eigenvalue weighted by Crippen LogP contribution is 2.38. The molecule has 0 unspecified atom stereocenters. The number of carbonyl (C=O) groups is 1. The van der Waals surface area contributed by atoms with Gasteiger partial charge in [-0.05, 0) is 42.0 Å². The molecule has 1 aromatic heterocycles. The number of rotatable bonds is 6. The summed E-state index contributed by atoms with van der Waals surface area (Å²) in [5.41, 5.74) is 2.26. The summed E-state index contributed by atoms with van der Waals surface area (Å²) in [6.07, 6.45) is 5.11. The van der Waals surface area contributed by atoms with Gasteiger partial charge in [-0.2, -0.15) is 0 Å². The molecular weight excluding hydrogens is 354 g/mol. The van der Waals surface area contributed by atoms with Gasteiger partial charge in [0.05, 0.1) is 21.3 Å². The van der Waals surface area contributed by atoms with Crippen molar-refractivity contribution in [2.45, 2.75) is 0 Å². The van der Waals surface area contributed by atoms with E-state index in [0.717, 1.165) is 16.5 Å². The zero-order valence-electron chi connectivity index (χ0n) is 14.6. The van der Waals surface area contributed by atoms with Gasteiger partial charge in [0.25, 0.3) is 0 Å². The van der Waals surface area contributed by atoms with Crippen molar-refractivity contribution in [2.24, 2.45) is 0 Å². The number of nitrogens with one attached hydrogen (secondary N) is 1. The first kappa shape index (κ1) is 17.9. The summed E-state index contributed by atoms with van der Waals surface area (Å²) in [7, 11) is 4.54. The van der Waals surface area contributed by atoms with Gasteiger partial charge in [0.2, 0.25) is 5.75 Å². The molecule has 1 heterocycles. The van der Waals surface area contributed by atoms with Gasteiger partial charge in [-0.25, -0.2) is 0 Å². The summed E-state index contributed by atoms with van der Waals surface area (Å²) in [6.45, 7) is 0. The molecule has 0 spiro atoms. The second-order valence-corrected chi connectivity index (χ2v) is 5.98. The lowest BCUT2D eigenvalue weighted by Gasteiger charge is -2.13. The van der Waals surface area contributed by atoms with Crippen LogP contribution >= 0.6 is 11.6 Å². The van der Waals surface area contributed by atoms with Crippen molar-refractivity contribution in [1.29, 1.82) is 0 Å². The monoisotopic (exact) mass is 371 g/mol. The Balaban J connectivity index is 1.93. The predicted octanol–water partition coefficient (Wildman–Crippen LogP) is 4.74. The van der Waals surface area contributed by atoms with Gasteiger partial charge in [-0.15, -0.1) is 0 Å². The number of ether oxygens (including phenoxy) is 3. The second-order valence-electron chi connectivity index (χ2n) is 5.55. The van der Waals surface area contributed by atoms with Crippen LogP contribution < -0.4 is 14.2 Å². The van der Waals surface area contributed by atoms with Crippen LogP contribution in [0.25, 0.3) is 17.0 Å². The number of methoxy groups -OCH3 is 3. The van der Waals surface area contributed by atoms with E-state index in [-0.39, 0.29) is 5.78 Å². The maximum atomic E-state index is 12.6. The average molecular weight is 372 g/mol. The van der Waals surface area contributed by atoms with Gasteiger partial charge in [0.15, 0.2) is 17.3 Å². The van der Waals surface area contributed by atoms with Crippen LogP contribution in [0.15, 0.2) is 42.6 Å². The number of halogens is 1. The molecule has 5 nitrogen and oxygen atoms in total. The van der Waals surface area contributed by atoms with Gasteiger partial charge in [0.1, 0.15) is 0 Å². The third-order valence-electron chi connectivity index (χ3n) is 4.04. The smallest absolute Gasteiger partial charge is 0.203 e. The summed E-state index contributed by atoms with van der Waals surface area (Å²) in [5, 5.41) is 1.65. The third-order valence-corrected chi connectivity index (χ3v) is 4.27. The number of allylic oxidation sites excluding steroid dienone is 1. The fourth-order valence-electron chi connectivity index (χ4n) is 2.74.